The highest BCUT2D eigenvalue weighted by Crippen LogP contribution is 2.27. The summed E-state index contributed by atoms with van der Waals surface area (Å²) in [5.41, 5.74) is 1.76. The van der Waals surface area contributed by atoms with Gasteiger partial charge in [0.05, 0.1) is 29.8 Å². The highest BCUT2D eigenvalue weighted by molar-refractivity contribution is 5.87. The van der Waals surface area contributed by atoms with Crippen LogP contribution in [0, 0.1) is 6.92 Å². The second-order valence-corrected chi connectivity index (χ2v) is 4.27. The predicted molar refractivity (Wildman–Crippen MR) is 81.7 cm³/mol. The Morgan fingerprint density at radius 1 is 1.41 bits per heavy atom. The van der Waals surface area contributed by atoms with E-state index in [0.717, 1.165) is 4.79 Å². The maximum absolute atomic E-state index is 12.5. The number of halogens is 1. The van der Waals surface area contributed by atoms with Crippen molar-refractivity contribution in [2.45, 2.75) is 40.7 Å². The summed E-state index contributed by atoms with van der Waals surface area (Å²) < 4.78 is 22.6. The zero-order valence-corrected chi connectivity index (χ0v) is 13.3. The standard InChI is InChI=1S/C12H17FN4O3.C2H6/c1-7-5-10-11(9(6-18)15-7)12(16-17(10)14)20-4-3-19-8(2)13;1-2/h5,8,18H,3-4,6,14H2,1-2H3;1-2H3. The van der Waals surface area contributed by atoms with Crippen LogP contribution in [-0.4, -0.2) is 39.6 Å². The van der Waals surface area contributed by atoms with E-state index in [9.17, 15) is 9.50 Å². The maximum Gasteiger partial charge on any atom is 0.244 e. The molecule has 2 heterocycles. The van der Waals surface area contributed by atoms with Gasteiger partial charge in [-0.3, -0.25) is 4.98 Å². The summed E-state index contributed by atoms with van der Waals surface area (Å²) in [6, 6.07) is 1.74. The van der Waals surface area contributed by atoms with Crippen LogP contribution in [0.15, 0.2) is 6.07 Å². The van der Waals surface area contributed by atoms with Crippen LogP contribution in [0.1, 0.15) is 32.2 Å². The van der Waals surface area contributed by atoms with Gasteiger partial charge in [-0.05, 0) is 19.9 Å². The number of hydrogen-bond donors (Lipinski definition) is 2. The molecule has 8 heteroatoms. The molecule has 124 valence electrons. The molecular weight excluding hydrogens is 291 g/mol. The second-order valence-electron chi connectivity index (χ2n) is 4.27. The molecule has 3 N–H and O–H groups in total. The predicted octanol–water partition coefficient (Wildman–Crippen LogP) is 1.68. The number of fused-ring (bicyclic) bond motifs is 1. The first-order valence-corrected chi connectivity index (χ1v) is 7.16. The van der Waals surface area contributed by atoms with Gasteiger partial charge in [0, 0.05) is 5.69 Å². The van der Waals surface area contributed by atoms with Crippen molar-refractivity contribution in [3.05, 3.63) is 17.5 Å². The number of hydrogen-bond acceptors (Lipinski definition) is 6. The SMILES string of the molecule is CC.Cc1cc2c(c(CO)n1)c(OCCOC(C)F)nn2N. The molecule has 0 aromatic carbocycles. The van der Waals surface area contributed by atoms with Crippen molar-refractivity contribution < 1.29 is 19.0 Å². The van der Waals surface area contributed by atoms with Gasteiger partial charge in [-0.1, -0.05) is 13.8 Å². The smallest absolute Gasteiger partial charge is 0.244 e. The molecule has 0 aliphatic rings. The molecule has 0 radical (unpaired) electrons. The van der Waals surface area contributed by atoms with E-state index in [1.807, 2.05) is 13.8 Å². The minimum Gasteiger partial charge on any atom is -0.474 e. The quantitative estimate of drug-likeness (QED) is 0.622. The average Bonchev–Trinajstić information content (AvgIpc) is 2.81. The topological polar surface area (TPSA) is 95.4 Å². The first kappa shape index (κ1) is 18.1. The number of alkyl halides is 1. The van der Waals surface area contributed by atoms with Gasteiger partial charge in [0.2, 0.25) is 5.88 Å². The number of aromatic nitrogens is 3. The van der Waals surface area contributed by atoms with Crippen LogP contribution in [-0.2, 0) is 11.3 Å². The number of aliphatic hydroxyl groups is 1. The number of aryl methyl sites for hydroxylation is 1. The first-order chi connectivity index (χ1) is 10.5. The fourth-order valence-corrected chi connectivity index (χ4v) is 1.90. The van der Waals surface area contributed by atoms with Crippen molar-refractivity contribution in [3.8, 4) is 5.88 Å². The van der Waals surface area contributed by atoms with E-state index in [0.29, 0.717) is 22.3 Å². The van der Waals surface area contributed by atoms with Crippen molar-refractivity contribution in [1.82, 2.24) is 14.9 Å². The average molecular weight is 314 g/mol. The van der Waals surface area contributed by atoms with E-state index in [2.05, 4.69) is 10.1 Å². The zero-order chi connectivity index (χ0) is 16.7. The molecule has 0 aliphatic heterocycles. The zero-order valence-electron chi connectivity index (χ0n) is 13.3. The Kier molecular flexibility index (Phi) is 7.00. The van der Waals surface area contributed by atoms with E-state index in [1.165, 1.54) is 6.92 Å². The molecule has 2 aromatic heterocycles. The minimum atomic E-state index is -1.35. The molecule has 7 nitrogen and oxygen atoms in total. The number of ether oxygens (including phenoxy) is 2. The molecule has 0 bridgehead atoms. The molecule has 0 aliphatic carbocycles. The van der Waals surface area contributed by atoms with Gasteiger partial charge in [-0.15, -0.1) is 5.10 Å². The molecule has 2 rings (SSSR count). The third-order valence-electron chi connectivity index (χ3n) is 2.68. The van der Waals surface area contributed by atoms with E-state index >= 15 is 0 Å². The molecule has 0 fully saturated rings. The van der Waals surface area contributed by atoms with E-state index in [-0.39, 0.29) is 25.7 Å². The molecule has 22 heavy (non-hydrogen) atoms. The summed E-state index contributed by atoms with van der Waals surface area (Å²) in [4.78, 5) is 5.38. The van der Waals surface area contributed by atoms with Crippen molar-refractivity contribution in [2.24, 2.45) is 0 Å². The fourth-order valence-electron chi connectivity index (χ4n) is 1.90. The van der Waals surface area contributed by atoms with E-state index in [1.54, 1.807) is 13.0 Å². The van der Waals surface area contributed by atoms with Crippen LogP contribution in [0.5, 0.6) is 5.88 Å². The maximum atomic E-state index is 12.5. The van der Waals surface area contributed by atoms with Crippen LogP contribution in [0.4, 0.5) is 4.39 Å². The molecule has 0 amide bonds. The van der Waals surface area contributed by atoms with Crippen LogP contribution in [0.25, 0.3) is 10.9 Å². The Balaban J connectivity index is 0.00000116. The van der Waals surface area contributed by atoms with Gasteiger partial charge < -0.3 is 20.4 Å². The van der Waals surface area contributed by atoms with E-state index in [4.69, 9.17) is 15.3 Å². The monoisotopic (exact) mass is 314 g/mol. The minimum absolute atomic E-state index is 0.0876. The summed E-state index contributed by atoms with van der Waals surface area (Å²) in [7, 11) is 0. The largest absolute Gasteiger partial charge is 0.474 e. The normalized spacial score (nSPS) is 11.9. The molecular formula is C14H23FN4O3. The Labute approximate surface area is 128 Å². The molecule has 0 saturated heterocycles. The summed E-state index contributed by atoms with van der Waals surface area (Å²) in [5.74, 6) is 5.99. The van der Waals surface area contributed by atoms with E-state index < -0.39 is 6.36 Å². The lowest BCUT2D eigenvalue weighted by Gasteiger charge is -2.06. The van der Waals surface area contributed by atoms with Gasteiger partial charge in [0.1, 0.15) is 6.61 Å². The van der Waals surface area contributed by atoms with Crippen molar-refractivity contribution in [2.75, 3.05) is 19.1 Å². The summed E-state index contributed by atoms with van der Waals surface area (Å²) >= 11 is 0. The Morgan fingerprint density at radius 2 is 2.09 bits per heavy atom. The molecule has 1 unspecified atom stereocenters. The van der Waals surface area contributed by atoms with Crippen molar-refractivity contribution in [3.63, 3.8) is 0 Å². The van der Waals surface area contributed by atoms with Crippen molar-refractivity contribution >= 4 is 10.9 Å². The second kappa shape index (κ2) is 8.50. The third kappa shape index (κ3) is 4.28. The first-order valence-electron chi connectivity index (χ1n) is 7.16. The lowest BCUT2D eigenvalue weighted by atomic mass is 10.2. The number of aliphatic hydroxyl groups excluding tert-OH is 1. The van der Waals surface area contributed by atoms with Crippen molar-refractivity contribution in [1.29, 1.82) is 0 Å². The molecule has 0 spiro atoms. The third-order valence-corrected chi connectivity index (χ3v) is 2.68. The molecule has 0 saturated carbocycles. The summed E-state index contributed by atoms with van der Waals surface area (Å²) in [6.07, 6.45) is -1.35. The number of nitrogens with zero attached hydrogens (tertiary/aromatic N) is 3. The van der Waals surface area contributed by atoms with Gasteiger partial charge in [0.15, 0.2) is 6.36 Å². The summed E-state index contributed by atoms with van der Waals surface area (Å²) in [6.45, 7) is 7.05. The number of nitrogens with two attached hydrogens (primary N) is 1. The van der Waals surface area contributed by atoms with Gasteiger partial charge in [-0.25, -0.2) is 4.39 Å². The highest BCUT2D eigenvalue weighted by Gasteiger charge is 2.16. The van der Waals surface area contributed by atoms with Crippen LogP contribution in [0.2, 0.25) is 0 Å². The Morgan fingerprint density at radius 3 is 2.68 bits per heavy atom. The lowest BCUT2D eigenvalue weighted by Crippen LogP contribution is -2.12. The Bertz CT molecular complexity index is 601. The van der Waals surface area contributed by atoms with Gasteiger partial charge >= 0.3 is 0 Å². The van der Waals surface area contributed by atoms with Gasteiger partial charge in [-0.2, -0.15) is 4.79 Å². The molecule has 1 atom stereocenters. The number of rotatable bonds is 6. The van der Waals surface area contributed by atoms with Crippen LogP contribution < -0.4 is 10.6 Å². The highest BCUT2D eigenvalue weighted by atomic mass is 19.1. The lowest BCUT2D eigenvalue weighted by molar-refractivity contribution is -0.0351. The fraction of sp³-hybridized carbons (Fsp3) is 0.571. The van der Waals surface area contributed by atoms with Crippen LogP contribution >= 0.6 is 0 Å². The summed E-state index contributed by atoms with van der Waals surface area (Å²) in [5, 5.41) is 13.9. The van der Waals surface area contributed by atoms with Gasteiger partial charge in [0.25, 0.3) is 0 Å². The number of pyridine rings is 1. The molecule has 2 aromatic rings. The van der Waals surface area contributed by atoms with Crippen LogP contribution in [0.3, 0.4) is 0 Å². The Hall–Kier alpha value is -1.93. The number of nitrogen functional groups attached to an aromatic ring is 1.